The Morgan fingerprint density at radius 2 is 2.16 bits per heavy atom. The Morgan fingerprint density at radius 3 is 2.68 bits per heavy atom. The Labute approximate surface area is 111 Å². The van der Waals surface area contributed by atoms with E-state index in [2.05, 4.69) is 10.3 Å². The molecule has 0 radical (unpaired) electrons. The van der Waals surface area contributed by atoms with Crippen LogP contribution in [0.4, 0.5) is 11.4 Å². The molecule has 0 bridgehead atoms. The van der Waals surface area contributed by atoms with E-state index in [1.807, 2.05) is 18.4 Å². The smallest absolute Gasteiger partial charge is 0.269 e. The van der Waals surface area contributed by atoms with E-state index in [4.69, 9.17) is 0 Å². The van der Waals surface area contributed by atoms with Crippen LogP contribution in [-0.4, -0.2) is 21.5 Å². The van der Waals surface area contributed by atoms with Crippen molar-refractivity contribution in [2.45, 2.75) is 20.4 Å². The largest absolute Gasteiger partial charge is 0.388 e. The van der Waals surface area contributed by atoms with Gasteiger partial charge in [-0.3, -0.25) is 10.1 Å². The molecule has 2 aromatic rings. The first-order chi connectivity index (χ1) is 9.02. The first kappa shape index (κ1) is 13.1. The van der Waals surface area contributed by atoms with Gasteiger partial charge in [0.05, 0.1) is 23.5 Å². The predicted octanol–water partition coefficient (Wildman–Crippen LogP) is 2.50. The Kier molecular flexibility index (Phi) is 3.50. The van der Waals surface area contributed by atoms with Gasteiger partial charge < -0.3 is 9.88 Å². The number of non-ortho nitro benzene ring substituents is 1. The summed E-state index contributed by atoms with van der Waals surface area (Å²) in [5.41, 5.74) is 3.89. The summed E-state index contributed by atoms with van der Waals surface area (Å²) < 4.78 is 1.98. The van der Waals surface area contributed by atoms with Gasteiger partial charge in [0.1, 0.15) is 0 Å². The van der Waals surface area contributed by atoms with Crippen molar-refractivity contribution < 1.29 is 4.92 Å². The summed E-state index contributed by atoms with van der Waals surface area (Å²) in [5.74, 6) is 0. The maximum Gasteiger partial charge on any atom is 0.269 e. The molecule has 0 atom stereocenters. The van der Waals surface area contributed by atoms with E-state index in [0.717, 1.165) is 22.6 Å². The first-order valence-corrected chi connectivity index (χ1v) is 5.96. The SMILES string of the molecule is CNc1ccc([N+](=O)[O-])cc1Cn1cnc(C)c1C. The van der Waals surface area contributed by atoms with Gasteiger partial charge in [0.2, 0.25) is 0 Å². The quantitative estimate of drug-likeness (QED) is 0.677. The summed E-state index contributed by atoms with van der Waals surface area (Å²) in [6, 6.07) is 4.83. The van der Waals surface area contributed by atoms with E-state index in [9.17, 15) is 10.1 Å². The fourth-order valence-electron chi connectivity index (χ4n) is 1.96. The highest BCUT2D eigenvalue weighted by atomic mass is 16.6. The second-order valence-corrected chi connectivity index (χ2v) is 4.39. The first-order valence-electron chi connectivity index (χ1n) is 5.96. The number of nitro benzene ring substituents is 1. The second-order valence-electron chi connectivity index (χ2n) is 4.39. The summed E-state index contributed by atoms with van der Waals surface area (Å²) in [5, 5.41) is 13.9. The molecule has 0 spiro atoms. The standard InChI is InChI=1S/C13H16N4O2/c1-9-10(2)16(8-15-9)7-11-6-12(17(18)19)4-5-13(11)14-3/h4-6,8,14H,7H2,1-3H3. The normalized spacial score (nSPS) is 10.5. The Hall–Kier alpha value is -2.37. The van der Waals surface area contributed by atoms with Gasteiger partial charge in [-0.2, -0.15) is 0 Å². The highest BCUT2D eigenvalue weighted by Gasteiger charge is 2.11. The fourth-order valence-corrected chi connectivity index (χ4v) is 1.96. The lowest BCUT2D eigenvalue weighted by Crippen LogP contribution is -2.05. The molecule has 6 heteroatoms. The second kappa shape index (κ2) is 5.09. The molecule has 0 aliphatic heterocycles. The Bertz CT molecular complexity index is 619. The molecule has 1 heterocycles. The molecule has 2 rings (SSSR count). The van der Waals surface area contributed by atoms with Crippen molar-refractivity contribution in [3.63, 3.8) is 0 Å². The molecule has 0 aliphatic rings. The summed E-state index contributed by atoms with van der Waals surface area (Å²) in [6.07, 6.45) is 1.75. The molecule has 19 heavy (non-hydrogen) atoms. The highest BCUT2D eigenvalue weighted by Crippen LogP contribution is 2.23. The zero-order valence-corrected chi connectivity index (χ0v) is 11.2. The van der Waals surface area contributed by atoms with Crippen molar-refractivity contribution in [1.29, 1.82) is 0 Å². The number of rotatable bonds is 4. The van der Waals surface area contributed by atoms with Gasteiger partial charge in [-0.05, 0) is 19.9 Å². The van der Waals surface area contributed by atoms with Gasteiger partial charge in [0.25, 0.3) is 5.69 Å². The van der Waals surface area contributed by atoms with Gasteiger partial charge in [0.15, 0.2) is 0 Å². The molecule has 0 saturated carbocycles. The number of imidazole rings is 1. The average Bonchev–Trinajstić information content (AvgIpc) is 2.70. The molecule has 0 unspecified atom stereocenters. The lowest BCUT2D eigenvalue weighted by atomic mass is 10.1. The fraction of sp³-hybridized carbons (Fsp3) is 0.308. The lowest BCUT2D eigenvalue weighted by Gasteiger charge is -2.11. The van der Waals surface area contributed by atoms with Gasteiger partial charge in [0, 0.05) is 36.1 Å². The van der Waals surface area contributed by atoms with Crippen LogP contribution in [0, 0.1) is 24.0 Å². The number of hydrogen-bond donors (Lipinski definition) is 1. The van der Waals surface area contributed by atoms with Crippen LogP contribution < -0.4 is 5.32 Å². The number of anilines is 1. The highest BCUT2D eigenvalue weighted by molar-refractivity contribution is 5.55. The predicted molar refractivity (Wildman–Crippen MR) is 73.4 cm³/mol. The van der Waals surface area contributed by atoms with Crippen molar-refractivity contribution in [2.75, 3.05) is 12.4 Å². The number of nitrogens with zero attached hydrogens (tertiary/aromatic N) is 3. The molecular weight excluding hydrogens is 244 g/mol. The number of nitrogens with one attached hydrogen (secondary N) is 1. The van der Waals surface area contributed by atoms with E-state index >= 15 is 0 Å². The van der Waals surface area contributed by atoms with E-state index in [0.29, 0.717) is 6.54 Å². The molecule has 1 N–H and O–H groups in total. The van der Waals surface area contributed by atoms with Gasteiger partial charge in [-0.1, -0.05) is 0 Å². The Morgan fingerprint density at radius 1 is 1.42 bits per heavy atom. The molecule has 0 saturated heterocycles. The number of aromatic nitrogens is 2. The van der Waals surface area contributed by atoms with E-state index in [1.54, 1.807) is 25.5 Å². The van der Waals surface area contributed by atoms with Gasteiger partial charge in [-0.15, -0.1) is 0 Å². The average molecular weight is 260 g/mol. The topological polar surface area (TPSA) is 73.0 Å². The molecule has 1 aromatic carbocycles. The summed E-state index contributed by atoms with van der Waals surface area (Å²) in [6.45, 7) is 4.49. The van der Waals surface area contributed by atoms with Crippen LogP contribution in [0.25, 0.3) is 0 Å². The summed E-state index contributed by atoms with van der Waals surface area (Å²) >= 11 is 0. The van der Waals surface area contributed by atoms with E-state index in [1.165, 1.54) is 6.07 Å². The molecule has 1 aromatic heterocycles. The molecule has 100 valence electrons. The van der Waals surface area contributed by atoms with Crippen LogP contribution in [0.2, 0.25) is 0 Å². The maximum absolute atomic E-state index is 10.8. The van der Waals surface area contributed by atoms with Crippen molar-refractivity contribution in [3.8, 4) is 0 Å². The van der Waals surface area contributed by atoms with Crippen molar-refractivity contribution in [2.24, 2.45) is 0 Å². The number of nitro groups is 1. The third kappa shape index (κ3) is 2.57. The minimum absolute atomic E-state index is 0.100. The van der Waals surface area contributed by atoms with E-state index < -0.39 is 0 Å². The molecule has 0 aliphatic carbocycles. The van der Waals surface area contributed by atoms with Gasteiger partial charge in [-0.25, -0.2) is 4.98 Å². The van der Waals surface area contributed by atoms with Crippen LogP contribution in [0.1, 0.15) is 17.0 Å². The molecular formula is C13H16N4O2. The number of hydrogen-bond acceptors (Lipinski definition) is 4. The minimum atomic E-state index is -0.380. The zero-order valence-electron chi connectivity index (χ0n) is 11.2. The lowest BCUT2D eigenvalue weighted by molar-refractivity contribution is -0.384. The molecule has 0 fully saturated rings. The van der Waals surface area contributed by atoms with Crippen molar-refractivity contribution in [1.82, 2.24) is 9.55 Å². The monoisotopic (exact) mass is 260 g/mol. The molecule has 6 nitrogen and oxygen atoms in total. The molecule has 0 amide bonds. The van der Waals surface area contributed by atoms with Crippen LogP contribution in [0.3, 0.4) is 0 Å². The van der Waals surface area contributed by atoms with Crippen molar-refractivity contribution >= 4 is 11.4 Å². The number of aryl methyl sites for hydroxylation is 1. The van der Waals surface area contributed by atoms with Crippen molar-refractivity contribution in [3.05, 3.63) is 51.6 Å². The van der Waals surface area contributed by atoms with Crippen LogP contribution in [0.5, 0.6) is 0 Å². The van der Waals surface area contributed by atoms with Gasteiger partial charge >= 0.3 is 0 Å². The maximum atomic E-state index is 10.8. The Balaban J connectivity index is 2.40. The van der Waals surface area contributed by atoms with E-state index in [-0.39, 0.29) is 10.6 Å². The third-order valence-electron chi connectivity index (χ3n) is 3.25. The third-order valence-corrected chi connectivity index (χ3v) is 3.25. The summed E-state index contributed by atoms with van der Waals surface area (Å²) in [7, 11) is 1.80. The van der Waals surface area contributed by atoms with Crippen LogP contribution in [0.15, 0.2) is 24.5 Å². The summed E-state index contributed by atoms with van der Waals surface area (Å²) in [4.78, 5) is 14.7. The minimum Gasteiger partial charge on any atom is -0.388 e. The zero-order chi connectivity index (χ0) is 14.0. The number of benzene rings is 1. The van der Waals surface area contributed by atoms with Crippen LogP contribution in [-0.2, 0) is 6.54 Å². The van der Waals surface area contributed by atoms with Crippen LogP contribution >= 0.6 is 0 Å².